The van der Waals surface area contributed by atoms with Crippen molar-refractivity contribution in [3.8, 4) is 11.5 Å². The van der Waals surface area contributed by atoms with E-state index in [4.69, 9.17) is 14.2 Å². The normalized spacial score (nSPS) is 12.6. The van der Waals surface area contributed by atoms with Crippen molar-refractivity contribution in [3.63, 3.8) is 0 Å². The van der Waals surface area contributed by atoms with Crippen molar-refractivity contribution >= 4 is 17.6 Å². The van der Waals surface area contributed by atoms with Gasteiger partial charge in [-0.25, -0.2) is 4.79 Å². The first-order valence-corrected chi connectivity index (χ1v) is 8.86. The summed E-state index contributed by atoms with van der Waals surface area (Å²) in [6, 6.07) is 14.3. The highest BCUT2D eigenvalue weighted by atomic mass is 16.6. The Kier molecular flexibility index (Phi) is 7.23. The second-order valence-corrected chi connectivity index (χ2v) is 6.10. The van der Waals surface area contributed by atoms with Crippen LogP contribution < -0.4 is 14.8 Å². The van der Waals surface area contributed by atoms with E-state index in [-0.39, 0.29) is 0 Å². The number of ether oxygens (including phenoxy) is 3. The van der Waals surface area contributed by atoms with Gasteiger partial charge in [-0.3, -0.25) is 4.79 Å². The van der Waals surface area contributed by atoms with Crippen LogP contribution in [0.4, 0.5) is 5.69 Å². The highest BCUT2D eigenvalue weighted by molar-refractivity contribution is 5.95. The van der Waals surface area contributed by atoms with Gasteiger partial charge in [0.1, 0.15) is 11.5 Å². The maximum Gasteiger partial charge on any atom is 0.347 e. The summed E-state index contributed by atoms with van der Waals surface area (Å²) in [6.45, 7) is 7.50. The smallest absolute Gasteiger partial charge is 0.347 e. The third kappa shape index (κ3) is 6.33. The Balaban J connectivity index is 1.86. The van der Waals surface area contributed by atoms with Crippen LogP contribution >= 0.6 is 0 Å². The van der Waals surface area contributed by atoms with Gasteiger partial charge in [-0.05, 0) is 69.7 Å². The molecule has 0 aromatic heterocycles. The zero-order chi connectivity index (χ0) is 19.8. The van der Waals surface area contributed by atoms with Gasteiger partial charge in [0.2, 0.25) is 0 Å². The van der Waals surface area contributed by atoms with Crippen LogP contribution in [0.15, 0.2) is 48.5 Å². The van der Waals surface area contributed by atoms with E-state index in [9.17, 15) is 9.59 Å². The van der Waals surface area contributed by atoms with E-state index in [2.05, 4.69) is 5.32 Å². The Morgan fingerprint density at radius 2 is 1.70 bits per heavy atom. The topological polar surface area (TPSA) is 73.9 Å². The largest absolute Gasteiger partial charge is 0.494 e. The van der Waals surface area contributed by atoms with Gasteiger partial charge in [-0.2, -0.15) is 0 Å². The van der Waals surface area contributed by atoms with Crippen LogP contribution in [0.1, 0.15) is 26.3 Å². The molecular formula is C21H25NO5. The Morgan fingerprint density at radius 1 is 1.00 bits per heavy atom. The summed E-state index contributed by atoms with van der Waals surface area (Å²) in [5, 5.41) is 2.70. The van der Waals surface area contributed by atoms with Crippen molar-refractivity contribution in [1.29, 1.82) is 0 Å². The third-order valence-electron chi connectivity index (χ3n) is 3.73. The van der Waals surface area contributed by atoms with Crippen LogP contribution in [0.25, 0.3) is 0 Å². The quantitative estimate of drug-likeness (QED) is 0.716. The number of amides is 1. The molecule has 2 aromatic carbocycles. The average molecular weight is 371 g/mol. The van der Waals surface area contributed by atoms with E-state index >= 15 is 0 Å². The van der Waals surface area contributed by atoms with Crippen LogP contribution in [-0.2, 0) is 14.3 Å². The van der Waals surface area contributed by atoms with Gasteiger partial charge < -0.3 is 19.5 Å². The lowest BCUT2D eigenvalue weighted by molar-refractivity contribution is -0.159. The van der Waals surface area contributed by atoms with Crippen molar-refractivity contribution in [2.45, 2.75) is 39.9 Å². The standard InChI is InChI=1S/C21H25NO5/c1-5-25-18-11-9-17(10-12-18)22-20(23)15(3)27-21(24)16(4)26-19-8-6-7-14(2)13-19/h6-13,15-16H,5H2,1-4H3,(H,22,23)/t15-,16+/m1/s1. The molecule has 2 aromatic rings. The number of rotatable bonds is 8. The van der Waals surface area contributed by atoms with Crippen molar-refractivity contribution in [2.75, 3.05) is 11.9 Å². The van der Waals surface area contributed by atoms with E-state index in [0.29, 0.717) is 18.0 Å². The fourth-order valence-corrected chi connectivity index (χ4v) is 2.31. The summed E-state index contributed by atoms with van der Waals surface area (Å²) in [7, 11) is 0. The number of carbonyl (C=O) groups is 2. The highest BCUT2D eigenvalue weighted by Crippen LogP contribution is 2.17. The summed E-state index contributed by atoms with van der Waals surface area (Å²) in [4.78, 5) is 24.4. The Labute approximate surface area is 159 Å². The predicted octanol–water partition coefficient (Wildman–Crippen LogP) is 3.73. The minimum Gasteiger partial charge on any atom is -0.494 e. The SMILES string of the molecule is CCOc1ccc(NC(=O)[C@@H](C)OC(=O)[C@H](C)Oc2cccc(C)c2)cc1. The number of aryl methyl sites for hydroxylation is 1. The molecular weight excluding hydrogens is 346 g/mol. The maximum atomic E-state index is 12.2. The number of hydrogen-bond donors (Lipinski definition) is 1. The fourth-order valence-electron chi connectivity index (χ4n) is 2.31. The fraction of sp³-hybridized carbons (Fsp3) is 0.333. The van der Waals surface area contributed by atoms with Crippen molar-refractivity contribution in [3.05, 3.63) is 54.1 Å². The summed E-state index contributed by atoms with van der Waals surface area (Å²) in [5.41, 5.74) is 1.62. The number of carbonyl (C=O) groups excluding carboxylic acids is 2. The summed E-state index contributed by atoms with van der Waals surface area (Å²) < 4.78 is 16.1. The van der Waals surface area contributed by atoms with Gasteiger partial charge >= 0.3 is 5.97 Å². The zero-order valence-corrected chi connectivity index (χ0v) is 16.0. The first-order valence-electron chi connectivity index (χ1n) is 8.86. The Hall–Kier alpha value is -3.02. The number of benzene rings is 2. The summed E-state index contributed by atoms with van der Waals surface area (Å²) >= 11 is 0. The zero-order valence-electron chi connectivity index (χ0n) is 16.0. The first kappa shape index (κ1) is 20.3. The summed E-state index contributed by atoms with van der Waals surface area (Å²) in [5.74, 6) is 0.268. The molecule has 0 saturated heterocycles. The van der Waals surface area contributed by atoms with Crippen molar-refractivity contribution in [2.24, 2.45) is 0 Å². The molecule has 0 aliphatic heterocycles. The average Bonchev–Trinajstić information content (AvgIpc) is 2.63. The second-order valence-electron chi connectivity index (χ2n) is 6.10. The van der Waals surface area contributed by atoms with E-state index in [1.54, 1.807) is 37.3 Å². The molecule has 0 bridgehead atoms. The van der Waals surface area contributed by atoms with Gasteiger partial charge in [0, 0.05) is 5.69 Å². The third-order valence-corrected chi connectivity index (χ3v) is 3.73. The van der Waals surface area contributed by atoms with Gasteiger partial charge in [0.15, 0.2) is 12.2 Å². The molecule has 2 rings (SSSR count). The molecule has 0 saturated carbocycles. The lowest BCUT2D eigenvalue weighted by Crippen LogP contribution is -2.35. The van der Waals surface area contributed by atoms with E-state index in [0.717, 1.165) is 11.3 Å². The molecule has 0 aliphatic carbocycles. The summed E-state index contributed by atoms with van der Waals surface area (Å²) in [6.07, 6.45) is -1.78. The lowest BCUT2D eigenvalue weighted by atomic mass is 10.2. The monoisotopic (exact) mass is 371 g/mol. The van der Waals surface area contributed by atoms with Crippen LogP contribution in [0.5, 0.6) is 11.5 Å². The van der Waals surface area contributed by atoms with Gasteiger partial charge in [-0.15, -0.1) is 0 Å². The Bertz CT molecular complexity index is 772. The Morgan fingerprint density at radius 3 is 2.33 bits per heavy atom. The number of nitrogens with one attached hydrogen (secondary N) is 1. The van der Waals surface area contributed by atoms with E-state index in [1.807, 2.05) is 32.0 Å². The second kappa shape index (κ2) is 9.62. The maximum absolute atomic E-state index is 12.2. The van der Waals surface area contributed by atoms with Crippen LogP contribution in [0, 0.1) is 6.92 Å². The molecule has 6 heteroatoms. The molecule has 0 unspecified atom stereocenters. The minimum atomic E-state index is -0.951. The number of esters is 1. The molecule has 27 heavy (non-hydrogen) atoms. The molecule has 0 aliphatic rings. The van der Waals surface area contributed by atoms with Crippen LogP contribution in [0.2, 0.25) is 0 Å². The lowest BCUT2D eigenvalue weighted by Gasteiger charge is -2.18. The van der Waals surface area contributed by atoms with E-state index in [1.165, 1.54) is 6.92 Å². The minimum absolute atomic E-state index is 0.421. The predicted molar refractivity (Wildman–Crippen MR) is 103 cm³/mol. The van der Waals surface area contributed by atoms with E-state index < -0.39 is 24.1 Å². The number of anilines is 1. The first-order chi connectivity index (χ1) is 12.9. The van der Waals surface area contributed by atoms with Crippen molar-refractivity contribution in [1.82, 2.24) is 0 Å². The number of hydrogen-bond acceptors (Lipinski definition) is 5. The highest BCUT2D eigenvalue weighted by Gasteiger charge is 2.23. The molecule has 0 fully saturated rings. The molecule has 1 N–H and O–H groups in total. The molecule has 6 nitrogen and oxygen atoms in total. The van der Waals surface area contributed by atoms with Gasteiger partial charge in [0.05, 0.1) is 6.61 Å². The van der Waals surface area contributed by atoms with Gasteiger partial charge in [0.25, 0.3) is 5.91 Å². The van der Waals surface area contributed by atoms with Crippen molar-refractivity contribution < 1.29 is 23.8 Å². The molecule has 0 spiro atoms. The van der Waals surface area contributed by atoms with Gasteiger partial charge in [-0.1, -0.05) is 12.1 Å². The molecule has 0 radical (unpaired) electrons. The molecule has 1 amide bonds. The van der Waals surface area contributed by atoms with Crippen LogP contribution in [0.3, 0.4) is 0 Å². The molecule has 0 heterocycles. The molecule has 144 valence electrons. The molecule has 2 atom stereocenters. The van der Waals surface area contributed by atoms with Crippen LogP contribution in [-0.4, -0.2) is 30.7 Å².